The van der Waals surface area contributed by atoms with Crippen LogP contribution >= 0.6 is 11.3 Å². The molecule has 0 bridgehead atoms. The second-order valence-corrected chi connectivity index (χ2v) is 9.18. The molecule has 2 aromatic heterocycles. The molecule has 0 saturated carbocycles. The van der Waals surface area contributed by atoms with Crippen molar-refractivity contribution in [3.05, 3.63) is 52.3 Å². The summed E-state index contributed by atoms with van der Waals surface area (Å²) in [4.78, 5) is 14.2. The standard InChI is InChI=1S/C21H27N5OS/c1-21(2,3)20-22-17(15-28-20)13-25-9-11-26(12-10-25)14-18-23-19(24-27-18)16-7-5-4-6-8-16/h4-8,15H,9-14H2,1-3H3. The van der Waals surface area contributed by atoms with E-state index in [1.54, 1.807) is 11.3 Å². The highest BCUT2D eigenvalue weighted by Crippen LogP contribution is 2.26. The van der Waals surface area contributed by atoms with Crippen molar-refractivity contribution in [3.63, 3.8) is 0 Å². The number of nitrogens with zero attached hydrogens (tertiary/aromatic N) is 5. The third kappa shape index (κ3) is 4.66. The second kappa shape index (κ2) is 8.11. The quantitative estimate of drug-likeness (QED) is 0.653. The number of benzene rings is 1. The van der Waals surface area contributed by atoms with Gasteiger partial charge in [0.2, 0.25) is 11.7 Å². The van der Waals surface area contributed by atoms with Crippen LogP contribution in [0.25, 0.3) is 11.4 Å². The Morgan fingerprint density at radius 3 is 2.29 bits per heavy atom. The molecular formula is C21H27N5OS. The Kier molecular flexibility index (Phi) is 5.57. The molecule has 28 heavy (non-hydrogen) atoms. The maximum atomic E-state index is 5.45. The van der Waals surface area contributed by atoms with Gasteiger partial charge in [-0.3, -0.25) is 9.80 Å². The van der Waals surface area contributed by atoms with Gasteiger partial charge in [0.25, 0.3) is 0 Å². The van der Waals surface area contributed by atoms with Gasteiger partial charge in [0.15, 0.2) is 0 Å². The molecule has 0 radical (unpaired) electrons. The molecule has 0 N–H and O–H groups in total. The summed E-state index contributed by atoms with van der Waals surface area (Å²) in [6, 6.07) is 9.95. The lowest BCUT2D eigenvalue weighted by Crippen LogP contribution is -2.45. The van der Waals surface area contributed by atoms with Crippen molar-refractivity contribution in [2.45, 2.75) is 39.3 Å². The van der Waals surface area contributed by atoms with Crippen LogP contribution in [0.3, 0.4) is 0 Å². The van der Waals surface area contributed by atoms with Gasteiger partial charge in [-0.15, -0.1) is 11.3 Å². The predicted octanol–water partition coefficient (Wildman–Crippen LogP) is 3.81. The maximum Gasteiger partial charge on any atom is 0.241 e. The van der Waals surface area contributed by atoms with Crippen molar-refractivity contribution < 1.29 is 4.52 Å². The lowest BCUT2D eigenvalue weighted by atomic mass is 9.98. The Balaban J connectivity index is 1.28. The van der Waals surface area contributed by atoms with E-state index in [0.29, 0.717) is 18.3 Å². The lowest BCUT2D eigenvalue weighted by Gasteiger charge is -2.33. The summed E-state index contributed by atoms with van der Waals surface area (Å²) in [5.74, 6) is 1.34. The largest absolute Gasteiger partial charge is 0.338 e. The highest BCUT2D eigenvalue weighted by atomic mass is 32.1. The Morgan fingerprint density at radius 1 is 0.964 bits per heavy atom. The highest BCUT2D eigenvalue weighted by Gasteiger charge is 2.22. The van der Waals surface area contributed by atoms with Crippen LogP contribution in [0.1, 0.15) is 37.4 Å². The second-order valence-electron chi connectivity index (χ2n) is 8.32. The molecule has 1 saturated heterocycles. The van der Waals surface area contributed by atoms with Crippen LogP contribution in [0.15, 0.2) is 40.2 Å². The van der Waals surface area contributed by atoms with Crippen molar-refractivity contribution in [3.8, 4) is 11.4 Å². The third-order valence-corrected chi connectivity index (χ3v) is 6.22. The third-order valence-electron chi connectivity index (χ3n) is 4.90. The number of hydrogen-bond donors (Lipinski definition) is 0. The van der Waals surface area contributed by atoms with E-state index < -0.39 is 0 Å². The molecule has 148 valence electrons. The van der Waals surface area contributed by atoms with Gasteiger partial charge in [-0.2, -0.15) is 4.98 Å². The molecule has 1 aliphatic rings. The molecule has 3 aromatic rings. The highest BCUT2D eigenvalue weighted by molar-refractivity contribution is 7.09. The number of piperazine rings is 1. The summed E-state index contributed by atoms with van der Waals surface area (Å²) >= 11 is 1.77. The zero-order valence-corrected chi connectivity index (χ0v) is 17.6. The van der Waals surface area contributed by atoms with E-state index in [-0.39, 0.29) is 5.41 Å². The van der Waals surface area contributed by atoms with E-state index in [4.69, 9.17) is 9.51 Å². The van der Waals surface area contributed by atoms with Gasteiger partial charge in [0.05, 0.1) is 17.2 Å². The minimum atomic E-state index is 0.129. The molecule has 0 atom stereocenters. The van der Waals surface area contributed by atoms with Gasteiger partial charge >= 0.3 is 0 Å². The molecule has 0 amide bonds. The van der Waals surface area contributed by atoms with Gasteiger partial charge in [-0.25, -0.2) is 4.98 Å². The Hall–Kier alpha value is -2.09. The number of aromatic nitrogens is 3. The fourth-order valence-corrected chi connectivity index (χ4v) is 4.17. The lowest BCUT2D eigenvalue weighted by molar-refractivity contribution is 0.111. The van der Waals surface area contributed by atoms with Crippen LogP contribution in [0.5, 0.6) is 0 Å². The van der Waals surface area contributed by atoms with Crippen LogP contribution in [0, 0.1) is 0 Å². The first kappa shape index (κ1) is 19.2. The topological polar surface area (TPSA) is 58.3 Å². The van der Waals surface area contributed by atoms with E-state index in [9.17, 15) is 0 Å². The minimum absolute atomic E-state index is 0.129. The van der Waals surface area contributed by atoms with E-state index in [2.05, 4.69) is 46.1 Å². The summed E-state index contributed by atoms with van der Waals surface area (Å²) in [5.41, 5.74) is 2.30. The molecule has 6 nitrogen and oxygen atoms in total. The molecular weight excluding hydrogens is 370 g/mol. The average molecular weight is 398 g/mol. The van der Waals surface area contributed by atoms with Gasteiger partial charge in [0, 0.05) is 49.1 Å². The van der Waals surface area contributed by atoms with E-state index >= 15 is 0 Å². The zero-order chi connectivity index (χ0) is 19.6. The maximum absolute atomic E-state index is 5.45. The van der Waals surface area contributed by atoms with Crippen LogP contribution in [0.4, 0.5) is 0 Å². The molecule has 0 aliphatic carbocycles. The summed E-state index contributed by atoms with van der Waals surface area (Å²) in [6.07, 6.45) is 0. The average Bonchev–Trinajstić information content (AvgIpc) is 3.34. The molecule has 1 fully saturated rings. The number of thiazole rings is 1. The first-order valence-electron chi connectivity index (χ1n) is 9.75. The zero-order valence-electron chi connectivity index (χ0n) is 16.8. The normalized spacial score (nSPS) is 16.5. The van der Waals surface area contributed by atoms with Gasteiger partial charge < -0.3 is 4.52 Å². The van der Waals surface area contributed by atoms with Crippen molar-refractivity contribution in [1.29, 1.82) is 0 Å². The van der Waals surface area contributed by atoms with Crippen molar-refractivity contribution in [2.24, 2.45) is 0 Å². The van der Waals surface area contributed by atoms with Crippen LogP contribution in [-0.4, -0.2) is 51.1 Å². The predicted molar refractivity (Wildman–Crippen MR) is 111 cm³/mol. The molecule has 3 heterocycles. The first-order valence-corrected chi connectivity index (χ1v) is 10.6. The van der Waals surface area contributed by atoms with Gasteiger partial charge in [-0.05, 0) is 0 Å². The Bertz CT molecular complexity index is 891. The summed E-state index contributed by atoms with van der Waals surface area (Å²) < 4.78 is 5.45. The van der Waals surface area contributed by atoms with Crippen molar-refractivity contribution in [1.82, 2.24) is 24.9 Å². The fraction of sp³-hybridized carbons (Fsp3) is 0.476. The molecule has 7 heteroatoms. The van der Waals surface area contributed by atoms with Gasteiger partial charge in [0.1, 0.15) is 0 Å². The molecule has 0 unspecified atom stereocenters. The van der Waals surface area contributed by atoms with Crippen molar-refractivity contribution >= 4 is 11.3 Å². The smallest absolute Gasteiger partial charge is 0.241 e. The Morgan fingerprint density at radius 2 is 1.64 bits per heavy atom. The Labute approximate surface area is 170 Å². The summed E-state index contributed by atoms with van der Waals surface area (Å²) in [5, 5.41) is 7.53. The van der Waals surface area contributed by atoms with Crippen LogP contribution in [0.2, 0.25) is 0 Å². The van der Waals surface area contributed by atoms with Crippen molar-refractivity contribution in [2.75, 3.05) is 26.2 Å². The molecule has 0 spiro atoms. The van der Waals surface area contributed by atoms with E-state index in [1.165, 1.54) is 10.7 Å². The van der Waals surface area contributed by atoms with E-state index in [0.717, 1.165) is 38.3 Å². The SMILES string of the molecule is CC(C)(C)c1nc(CN2CCN(Cc3nc(-c4ccccc4)no3)CC2)cs1. The van der Waals surface area contributed by atoms with Crippen LogP contribution < -0.4 is 0 Å². The molecule has 1 aromatic carbocycles. The first-order chi connectivity index (χ1) is 13.5. The van der Waals surface area contributed by atoms with E-state index in [1.807, 2.05) is 30.3 Å². The minimum Gasteiger partial charge on any atom is -0.338 e. The summed E-state index contributed by atoms with van der Waals surface area (Å²) in [6.45, 7) is 12.3. The summed E-state index contributed by atoms with van der Waals surface area (Å²) in [7, 11) is 0. The number of rotatable bonds is 5. The number of hydrogen-bond acceptors (Lipinski definition) is 7. The fourth-order valence-electron chi connectivity index (χ4n) is 3.27. The van der Waals surface area contributed by atoms with Crippen LogP contribution in [-0.2, 0) is 18.5 Å². The molecule has 4 rings (SSSR count). The monoisotopic (exact) mass is 397 g/mol. The van der Waals surface area contributed by atoms with Gasteiger partial charge in [-0.1, -0.05) is 56.3 Å². The molecule has 1 aliphatic heterocycles.